The first kappa shape index (κ1) is 27.9. The molecule has 3 aromatic carbocycles. The zero-order valence-electron chi connectivity index (χ0n) is 21.6. The molecule has 204 valence electrons. The number of piperidine rings is 1. The summed E-state index contributed by atoms with van der Waals surface area (Å²) in [5, 5.41) is 22.8. The molecule has 8 nitrogen and oxygen atoms in total. The van der Waals surface area contributed by atoms with Gasteiger partial charge in [-0.15, -0.1) is 0 Å². The molecule has 0 radical (unpaired) electrons. The smallest absolute Gasteiger partial charge is 0.234 e. The Morgan fingerprint density at radius 2 is 1.46 bits per heavy atom. The molecule has 2 atom stereocenters. The maximum absolute atomic E-state index is 14.8. The highest BCUT2D eigenvalue weighted by atomic mass is 19.1. The highest BCUT2D eigenvalue weighted by molar-refractivity contribution is 6.02. The molecule has 39 heavy (non-hydrogen) atoms. The Balaban J connectivity index is 1.83. The maximum atomic E-state index is 14.8. The van der Waals surface area contributed by atoms with Gasteiger partial charge in [-0.2, -0.15) is 0 Å². The third kappa shape index (κ3) is 6.32. The van der Waals surface area contributed by atoms with Gasteiger partial charge in [-0.3, -0.25) is 19.3 Å². The Bertz CT molecular complexity index is 1310. The number of amides is 1. The Kier molecular flexibility index (Phi) is 8.73. The van der Waals surface area contributed by atoms with Crippen LogP contribution < -0.4 is 11.1 Å². The highest BCUT2D eigenvalue weighted by Gasteiger charge is 2.45. The van der Waals surface area contributed by atoms with Crippen molar-refractivity contribution >= 4 is 17.5 Å². The van der Waals surface area contributed by atoms with E-state index in [0.29, 0.717) is 11.1 Å². The van der Waals surface area contributed by atoms with Gasteiger partial charge in [0.05, 0.1) is 6.54 Å². The quantitative estimate of drug-likeness (QED) is 0.311. The second kappa shape index (κ2) is 12.2. The van der Waals surface area contributed by atoms with Gasteiger partial charge in [-0.05, 0) is 48.4 Å². The minimum atomic E-state index is -0.838. The summed E-state index contributed by atoms with van der Waals surface area (Å²) < 4.78 is 14.8. The summed E-state index contributed by atoms with van der Waals surface area (Å²) in [4.78, 5) is 42.3. The highest BCUT2D eigenvalue weighted by Crippen LogP contribution is 2.42. The van der Waals surface area contributed by atoms with Gasteiger partial charge in [0.2, 0.25) is 5.91 Å². The number of Topliss-reactive ketones (excluding diaryl/α,β-unsaturated/α-hetero) is 2. The zero-order chi connectivity index (χ0) is 28.1. The molecule has 5 N–H and O–H groups in total. The largest absolute Gasteiger partial charge is 0.508 e. The molecule has 0 aliphatic carbocycles. The number of benzene rings is 3. The number of rotatable bonds is 9. The predicted molar refractivity (Wildman–Crippen MR) is 144 cm³/mol. The summed E-state index contributed by atoms with van der Waals surface area (Å²) in [6, 6.07) is 16.5. The van der Waals surface area contributed by atoms with Gasteiger partial charge >= 0.3 is 0 Å². The number of nitrogens with two attached hydrogens (primary N) is 1. The third-order valence-electron chi connectivity index (χ3n) is 7.21. The summed E-state index contributed by atoms with van der Waals surface area (Å²) in [6.07, 6.45) is 0. The van der Waals surface area contributed by atoms with Gasteiger partial charge < -0.3 is 21.3 Å². The number of phenols is 2. The number of carbonyl (C=O) groups excluding carboxylic acids is 3. The maximum Gasteiger partial charge on any atom is 0.234 e. The second-order valence-corrected chi connectivity index (χ2v) is 9.85. The van der Waals surface area contributed by atoms with Crippen LogP contribution in [0.4, 0.5) is 4.39 Å². The Labute approximate surface area is 226 Å². The van der Waals surface area contributed by atoms with Gasteiger partial charge in [0.1, 0.15) is 17.3 Å². The summed E-state index contributed by atoms with van der Waals surface area (Å²) in [5.41, 5.74) is 6.86. The SMILES string of the molecule is Cc1c(F)cccc1C1[C@@H](C(=O)c2cccc(O)c2)CN(CC(=O)NCCN)C[C@@H]1C(=O)c1cccc(O)c1. The van der Waals surface area contributed by atoms with E-state index in [-0.39, 0.29) is 72.8 Å². The Morgan fingerprint density at radius 3 is 1.97 bits per heavy atom. The monoisotopic (exact) mass is 533 g/mol. The lowest BCUT2D eigenvalue weighted by atomic mass is 9.67. The fourth-order valence-corrected chi connectivity index (χ4v) is 5.40. The number of nitrogens with one attached hydrogen (secondary N) is 1. The molecule has 1 amide bonds. The van der Waals surface area contributed by atoms with Crippen LogP contribution in [0.2, 0.25) is 0 Å². The van der Waals surface area contributed by atoms with Crippen molar-refractivity contribution in [2.24, 2.45) is 17.6 Å². The van der Waals surface area contributed by atoms with Gasteiger partial charge in [-0.25, -0.2) is 4.39 Å². The minimum absolute atomic E-state index is 0.0670. The predicted octanol–water partition coefficient (Wildman–Crippen LogP) is 3.02. The first-order valence-electron chi connectivity index (χ1n) is 12.8. The van der Waals surface area contributed by atoms with Crippen LogP contribution in [-0.2, 0) is 4.79 Å². The lowest BCUT2D eigenvalue weighted by Gasteiger charge is -2.43. The van der Waals surface area contributed by atoms with Crippen molar-refractivity contribution in [3.8, 4) is 11.5 Å². The van der Waals surface area contributed by atoms with Crippen molar-refractivity contribution < 1.29 is 29.0 Å². The van der Waals surface area contributed by atoms with Crippen molar-refractivity contribution in [2.45, 2.75) is 12.8 Å². The molecule has 4 rings (SSSR count). The summed E-state index contributed by atoms with van der Waals surface area (Å²) in [6.45, 7) is 2.37. The number of aromatic hydroxyl groups is 2. The molecule has 9 heteroatoms. The molecule has 0 bridgehead atoms. The van der Waals surface area contributed by atoms with Crippen LogP contribution in [0.1, 0.15) is 37.8 Å². The van der Waals surface area contributed by atoms with Crippen LogP contribution >= 0.6 is 0 Å². The number of phenolic OH excluding ortho intramolecular Hbond substituents is 2. The average molecular weight is 534 g/mol. The number of hydrogen-bond donors (Lipinski definition) is 4. The van der Waals surface area contributed by atoms with E-state index in [9.17, 15) is 29.0 Å². The molecule has 1 saturated heterocycles. The van der Waals surface area contributed by atoms with E-state index in [2.05, 4.69) is 5.32 Å². The molecule has 0 aromatic heterocycles. The van der Waals surface area contributed by atoms with Gasteiger partial charge in [-0.1, -0.05) is 36.4 Å². The normalized spacial score (nSPS) is 18.0. The van der Waals surface area contributed by atoms with E-state index < -0.39 is 23.6 Å². The number of hydrogen-bond acceptors (Lipinski definition) is 7. The van der Waals surface area contributed by atoms with Crippen molar-refractivity contribution in [3.63, 3.8) is 0 Å². The molecule has 0 spiro atoms. The van der Waals surface area contributed by atoms with Crippen LogP contribution in [0.25, 0.3) is 0 Å². The van der Waals surface area contributed by atoms with Crippen LogP contribution in [0.5, 0.6) is 11.5 Å². The third-order valence-corrected chi connectivity index (χ3v) is 7.21. The Morgan fingerprint density at radius 1 is 0.923 bits per heavy atom. The summed E-state index contributed by atoms with van der Waals surface area (Å²) in [7, 11) is 0. The minimum Gasteiger partial charge on any atom is -0.508 e. The second-order valence-electron chi connectivity index (χ2n) is 9.85. The number of nitrogens with zero attached hydrogens (tertiary/aromatic N) is 1. The summed E-state index contributed by atoms with van der Waals surface area (Å²) >= 11 is 0. The molecule has 0 saturated carbocycles. The van der Waals surface area contributed by atoms with Crippen molar-refractivity contribution in [3.05, 3.63) is 94.8 Å². The molecule has 1 heterocycles. The molecule has 1 aliphatic rings. The Hall–Kier alpha value is -4.08. The van der Waals surface area contributed by atoms with E-state index >= 15 is 0 Å². The van der Waals surface area contributed by atoms with E-state index in [1.807, 2.05) is 0 Å². The first-order valence-corrected chi connectivity index (χ1v) is 12.8. The molecular weight excluding hydrogens is 501 g/mol. The van der Waals surface area contributed by atoms with Crippen LogP contribution in [0.3, 0.4) is 0 Å². The van der Waals surface area contributed by atoms with E-state index in [0.717, 1.165) is 0 Å². The van der Waals surface area contributed by atoms with E-state index in [1.165, 1.54) is 30.3 Å². The van der Waals surface area contributed by atoms with Crippen molar-refractivity contribution in [2.75, 3.05) is 32.7 Å². The molecule has 1 fully saturated rings. The van der Waals surface area contributed by atoms with E-state index in [4.69, 9.17) is 5.73 Å². The first-order chi connectivity index (χ1) is 18.7. The molecule has 3 aromatic rings. The lowest BCUT2D eigenvalue weighted by molar-refractivity contribution is -0.122. The van der Waals surface area contributed by atoms with Gasteiger partial charge in [0.15, 0.2) is 11.6 Å². The standard InChI is InChI=1S/C30H32FN3O5/c1-18-23(9-4-10-26(18)31)28-24(29(38)19-5-2-7-21(35)13-19)15-34(17-27(37)33-12-11-32)16-25(28)30(39)20-6-3-8-22(36)14-20/h2-10,13-14,24-25,28,35-36H,11-12,15-17,32H2,1H3,(H,33,37)/t24-,25-/m0/s1. The molecule has 0 unspecified atom stereocenters. The average Bonchev–Trinajstić information content (AvgIpc) is 2.92. The van der Waals surface area contributed by atoms with Crippen LogP contribution in [0.15, 0.2) is 66.7 Å². The van der Waals surface area contributed by atoms with E-state index in [1.54, 1.807) is 48.2 Å². The number of carbonyl (C=O) groups is 3. The summed E-state index contributed by atoms with van der Waals surface area (Å²) in [5.74, 6) is -3.99. The van der Waals surface area contributed by atoms with Gasteiger partial charge in [0, 0.05) is 55.1 Å². The lowest BCUT2D eigenvalue weighted by Crippen LogP contribution is -2.53. The van der Waals surface area contributed by atoms with Crippen molar-refractivity contribution in [1.82, 2.24) is 10.2 Å². The molecule has 1 aliphatic heterocycles. The van der Waals surface area contributed by atoms with Crippen molar-refractivity contribution in [1.29, 1.82) is 0 Å². The van der Waals surface area contributed by atoms with Gasteiger partial charge in [0.25, 0.3) is 0 Å². The fraction of sp³-hybridized carbons (Fsp3) is 0.300. The molecular formula is C30H32FN3O5. The number of halogens is 1. The zero-order valence-corrected chi connectivity index (χ0v) is 21.6. The topological polar surface area (TPSA) is 133 Å². The van der Waals surface area contributed by atoms with Crippen LogP contribution in [-0.4, -0.2) is 65.3 Å². The van der Waals surface area contributed by atoms with Crippen LogP contribution in [0, 0.1) is 24.6 Å². The fourth-order valence-electron chi connectivity index (χ4n) is 5.40. The number of ketones is 2. The number of likely N-dealkylation sites (tertiary alicyclic amines) is 1.